The molecule has 2 aromatic rings. The molecule has 1 heterocycles. The molecule has 0 atom stereocenters. The van der Waals surface area contributed by atoms with Crippen molar-refractivity contribution in [1.82, 2.24) is 9.97 Å². The summed E-state index contributed by atoms with van der Waals surface area (Å²) in [4.78, 5) is 19.8. The Hall–Kier alpha value is -1.30. The number of hydrogen-bond acceptors (Lipinski definition) is 3. The Labute approximate surface area is 142 Å². The number of anilines is 1. The molecule has 5 nitrogen and oxygen atoms in total. The summed E-state index contributed by atoms with van der Waals surface area (Å²) in [7, 11) is 0. The van der Waals surface area contributed by atoms with Crippen molar-refractivity contribution in [1.29, 1.82) is 0 Å². The third-order valence-corrected chi connectivity index (χ3v) is 3.80. The maximum Gasteiger partial charge on any atom is 0.244 e. The summed E-state index contributed by atoms with van der Waals surface area (Å²) in [5.74, 6) is 0.908. The summed E-state index contributed by atoms with van der Waals surface area (Å²) < 4.78 is 0. The number of nitrogens with one attached hydrogen (secondary N) is 2. The number of benzene rings is 1. The van der Waals surface area contributed by atoms with Gasteiger partial charge in [0.15, 0.2) is 0 Å². The van der Waals surface area contributed by atoms with Gasteiger partial charge in [0.25, 0.3) is 0 Å². The average molecular weight is 345 g/mol. The monoisotopic (exact) mass is 344 g/mol. The third-order valence-electron chi connectivity index (χ3n) is 3.80. The lowest BCUT2D eigenvalue weighted by atomic mass is 10.2. The summed E-state index contributed by atoms with van der Waals surface area (Å²) in [6.45, 7) is 2.16. The normalized spacial score (nSPS) is 14.8. The van der Waals surface area contributed by atoms with Crippen LogP contribution in [0.25, 0.3) is 11.0 Å². The quantitative estimate of drug-likeness (QED) is 0.778. The Bertz CT molecular complexity index is 652. The molecule has 1 aromatic carbocycles. The minimum absolute atomic E-state index is 0. The second-order valence-corrected chi connectivity index (χ2v) is 5.63. The van der Waals surface area contributed by atoms with Crippen LogP contribution >= 0.6 is 24.8 Å². The number of carbonyl (C=O) groups is 1. The predicted octanol–water partition coefficient (Wildman–Crippen LogP) is 3.18. The second kappa shape index (κ2) is 7.31. The van der Waals surface area contributed by atoms with Crippen LogP contribution in [-0.4, -0.2) is 21.4 Å². The first-order chi connectivity index (χ1) is 9.60. The lowest BCUT2D eigenvalue weighted by Gasteiger charge is -2.09. The number of aromatic amines is 1. The molecule has 1 amide bonds. The molecule has 1 aliphatic carbocycles. The van der Waals surface area contributed by atoms with Crippen molar-refractivity contribution in [2.75, 3.05) is 5.32 Å². The SMILES string of the molecule is CCCCc1nc2ccc(NC(=O)C3(N)CC3)cc2[nH]1.Cl.Cl. The lowest BCUT2D eigenvalue weighted by Crippen LogP contribution is -2.37. The number of aromatic nitrogens is 2. The van der Waals surface area contributed by atoms with Gasteiger partial charge in [0.2, 0.25) is 5.91 Å². The molecule has 1 aromatic heterocycles. The third kappa shape index (κ3) is 3.91. The molecule has 4 N–H and O–H groups in total. The number of H-pyrrole nitrogens is 1. The zero-order valence-corrected chi connectivity index (χ0v) is 14.1. The van der Waals surface area contributed by atoms with E-state index in [0.717, 1.165) is 54.6 Å². The number of amides is 1. The Morgan fingerprint density at radius 2 is 2.14 bits per heavy atom. The fraction of sp³-hybridized carbons (Fsp3) is 0.467. The van der Waals surface area contributed by atoms with Crippen LogP contribution in [0.3, 0.4) is 0 Å². The summed E-state index contributed by atoms with van der Waals surface area (Å²) in [6, 6.07) is 5.71. The lowest BCUT2D eigenvalue weighted by molar-refractivity contribution is -0.118. The minimum Gasteiger partial charge on any atom is -0.342 e. The number of hydrogen-bond donors (Lipinski definition) is 3. The molecule has 122 valence electrons. The van der Waals surface area contributed by atoms with Gasteiger partial charge >= 0.3 is 0 Å². The molecule has 0 aliphatic heterocycles. The topological polar surface area (TPSA) is 83.8 Å². The highest BCUT2D eigenvalue weighted by Crippen LogP contribution is 2.33. The number of rotatable bonds is 5. The molecule has 0 spiro atoms. The van der Waals surface area contributed by atoms with Gasteiger partial charge in [0.1, 0.15) is 5.82 Å². The molecule has 1 saturated carbocycles. The highest BCUT2D eigenvalue weighted by atomic mass is 35.5. The van der Waals surface area contributed by atoms with Gasteiger partial charge in [-0.2, -0.15) is 0 Å². The number of fused-ring (bicyclic) bond motifs is 1. The van der Waals surface area contributed by atoms with Crippen LogP contribution < -0.4 is 11.1 Å². The molecular formula is C15H22Cl2N4O. The molecule has 7 heteroatoms. The summed E-state index contributed by atoms with van der Waals surface area (Å²) >= 11 is 0. The van der Waals surface area contributed by atoms with Crippen LogP contribution in [0.2, 0.25) is 0 Å². The predicted molar refractivity (Wildman–Crippen MR) is 94.0 cm³/mol. The fourth-order valence-electron chi connectivity index (χ4n) is 2.22. The first-order valence-corrected chi connectivity index (χ1v) is 7.20. The van der Waals surface area contributed by atoms with Gasteiger partial charge in [-0.3, -0.25) is 4.79 Å². The Kier molecular flexibility index (Phi) is 6.23. The summed E-state index contributed by atoms with van der Waals surface area (Å²) in [5, 5.41) is 2.88. The van der Waals surface area contributed by atoms with Crippen molar-refractivity contribution < 1.29 is 4.79 Å². The number of imidazole rings is 1. The zero-order chi connectivity index (χ0) is 14.2. The Morgan fingerprint density at radius 3 is 2.77 bits per heavy atom. The minimum atomic E-state index is -0.644. The van der Waals surface area contributed by atoms with E-state index in [4.69, 9.17) is 5.73 Å². The van der Waals surface area contributed by atoms with Crippen LogP contribution in [-0.2, 0) is 11.2 Å². The number of halogens is 2. The van der Waals surface area contributed by atoms with E-state index >= 15 is 0 Å². The molecule has 1 aliphatic rings. The van der Waals surface area contributed by atoms with E-state index in [1.54, 1.807) is 0 Å². The fourth-order valence-corrected chi connectivity index (χ4v) is 2.22. The highest BCUT2D eigenvalue weighted by Gasteiger charge is 2.45. The van der Waals surface area contributed by atoms with E-state index in [0.29, 0.717) is 0 Å². The summed E-state index contributed by atoms with van der Waals surface area (Å²) in [6.07, 6.45) is 4.77. The van der Waals surface area contributed by atoms with Gasteiger partial charge in [-0.15, -0.1) is 24.8 Å². The first kappa shape index (κ1) is 18.7. The first-order valence-electron chi connectivity index (χ1n) is 7.20. The maximum atomic E-state index is 11.9. The van der Waals surface area contributed by atoms with Crippen molar-refractivity contribution in [2.24, 2.45) is 5.73 Å². The van der Waals surface area contributed by atoms with Gasteiger partial charge in [-0.05, 0) is 37.5 Å². The van der Waals surface area contributed by atoms with Gasteiger partial charge in [0, 0.05) is 12.1 Å². The Balaban J connectivity index is 0.00000121. The van der Waals surface area contributed by atoms with Gasteiger partial charge in [-0.25, -0.2) is 4.98 Å². The van der Waals surface area contributed by atoms with Crippen LogP contribution in [0, 0.1) is 0 Å². The van der Waals surface area contributed by atoms with E-state index in [1.807, 2.05) is 18.2 Å². The van der Waals surface area contributed by atoms with E-state index in [-0.39, 0.29) is 30.7 Å². The number of nitrogens with zero attached hydrogens (tertiary/aromatic N) is 1. The smallest absolute Gasteiger partial charge is 0.244 e. The van der Waals surface area contributed by atoms with E-state index < -0.39 is 5.54 Å². The number of carbonyl (C=O) groups excluding carboxylic acids is 1. The molecule has 22 heavy (non-hydrogen) atoms. The number of nitrogens with two attached hydrogens (primary N) is 1. The Morgan fingerprint density at radius 1 is 1.41 bits per heavy atom. The van der Waals surface area contributed by atoms with Gasteiger partial charge in [0.05, 0.1) is 16.6 Å². The number of unbranched alkanes of at least 4 members (excludes halogenated alkanes) is 1. The molecule has 1 fully saturated rings. The van der Waals surface area contributed by atoms with Crippen LogP contribution in [0.1, 0.15) is 38.4 Å². The average Bonchev–Trinajstić information content (AvgIpc) is 3.05. The largest absolute Gasteiger partial charge is 0.342 e. The molecule has 0 saturated heterocycles. The molecular weight excluding hydrogens is 323 g/mol. The molecule has 0 unspecified atom stereocenters. The second-order valence-electron chi connectivity index (χ2n) is 5.63. The zero-order valence-electron chi connectivity index (χ0n) is 12.5. The van der Waals surface area contributed by atoms with E-state index in [9.17, 15) is 4.79 Å². The molecule has 3 rings (SSSR count). The van der Waals surface area contributed by atoms with Crippen molar-refractivity contribution in [3.63, 3.8) is 0 Å². The van der Waals surface area contributed by atoms with Crippen molar-refractivity contribution in [2.45, 2.75) is 44.6 Å². The van der Waals surface area contributed by atoms with Crippen molar-refractivity contribution in [3.05, 3.63) is 24.0 Å². The van der Waals surface area contributed by atoms with Crippen LogP contribution in [0.4, 0.5) is 5.69 Å². The highest BCUT2D eigenvalue weighted by molar-refractivity contribution is 6.01. The van der Waals surface area contributed by atoms with Crippen molar-refractivity contribution >= 4 is 47.4 Å². The van der Waals surface area contributed by atoms with E-state index in [1.165, 1.54) is 0 Å². The molecule has 0 radical (unpaired) electrons. The van der Waals surface area contributed by atoms with Crippen molar-refractivity contribution in [3.8, 4) is 0 Å². The number of aryl methyl sites for hydroxylation is 1. The van der Waals surface area contributed by atoms with Crippen LogP contribution in [0.15, 0.2) is 18.2 Å². The van der Waals surface area contributed by atoms with E-state index in [2.05, 4.69) is 22.2 Å². The van der Waals surface area contributed by atoms with Gasteiger partial charge in [-0.1, -0.05) is 13.3 Å². The molecule has 0 bridgehead atoms. The standard InChI is InChI=1S/C15H20N4O.2ClH/c1-2-3-4-13-18-11-6-5-10(9-12(11)19-13)17-14(20)15(16)7-8-15;;/h5-6,9H,2-4,7-8,16H2,1H3,(H,17,20)(H,18,19);2*1H. The summed E-state index contributed by atoms with van der Waals surface area (Å²) in [5.41, 5.74) is 7.89. The maximum absolute atomic E-state index is 11.9. The van der Waals surface area contributed by atoms with Gasteiger partial charge < -0.3 is 16.0 Å². The van der Waals surface area contributed by atoms with Crippen LogP contribution in [0.5, 0.6) is 0 Å².